The van der Waals surface area contributed by atoms with Gasteiger partial charge in [0.2, 0.25) is 5.91 Å². The first-order valence-electron chi connectivity index (χ1n) is 7.39. The zero-order valence-electron chi connectivity index (χ0n) is 12.0. The first-order valence-corrected chi connectivity index (χ1v) is 7.39. The summed E-state index contributed by atoms with van der Waals surface area (Å²) in [6, 6.07) is 9.58. The van der Waals surface area contributed by atoms with Gasteiger partial charge in [-0.25, -0.2) is 0 Å². The van der Waals surface area contributed by atoms with Crippen LogP contribution in [-0.2, 0) is 17.9 Å². The van der Waals surface area contributed by atoms with Crippen LogP contribution in [0.3, 0.4) is 0 Å². The van der Waals surface area contributed by atoms with Crippen molar-refractivity contribution in [2.75, 3.05) is 0 Å². The number of aromatic amines is 1. The molecule has 1 aliphatic rings. The van der Waals surface area contributed by atoms with Crippen LogP contribution in [0.25, 0.3) is 11.0 Å². The van der Waals surface area contributed by atoms with Gasteiger partial charge in [0, 0.05) is 5.92 Å². The zero-order chi connectivity index (χ0) is 14.9. The first kappa shape index (κ1) is 13.0. The van der Waals surface area contributed by atoms with E-state index in [9.17, 15) is 4.79 Å². The summed E-state index contributed by atoms with van der Waals surface area (Å²) in [5.74, 6) is 0.490. The molecule has 0 aliphatic heterocycles. The number of H-pyrrole nitrogens is 1. The second-order valence-electron chi connectivity index (χ2n) is 5.59. The second kappa shape index (κ2) is 5.25. The third-order valence-electron chi connectivity index (χ3n) is 3.74. The minimum atomic E-state index is -0.122. The molecular weight excluding hydrogens is 280 g/mol. The average molecular weight is 296 g/mol. The molecule has 1 aromatic carbocycles. The van der Waals surface area contributed by atoms with Gasteiger partial charge in [-0.05, 0) is 31.0 Å². The number of fused-ring (bicyclic) bond motifs is 1. The number of hydrogen-bond donors (Lipinski definition) is 2. The second-order valence-corrected chi connectivity index (χ2v) is 5.59. The van der Waals surface area contributed by atoms with E-state index >= 15 is 0 Å². The molecule has 112 valence electrons. The van der Waals surface area contributed by atoms with Crippen LogP contribution in [0, 0.1) is 0 Å². The van der Waals surface area contributed by atoms with Crippen LogP contribution < -0.4 is 5.32 Å². The number of hydrogen-bond acceptors (Lipinski definition) is 4. The van der Waals surface area contributed by atoms with Crippen molar-refractivity contribution < 1.29 is 4.79 Å². The molecule has 3 aromatic rings. The Balaban J connectivity index is 1.35. The predicted octanol–water partition coefficient (Wildman–Crippen LogP) is 1.35. The molecule has 2 heterocycles. The highest BCUT2D eigenvalue weighted by Crippen LogP contribution is 2.38. The molecule has 0 atom stereocenters. The summed E-state index contributed by atoms with van der Waals surface area (Å²) >= 11 is 0. The van der Waals surface area contributed by atoms with E-state index in [4.69, 9.17) is 0 Å². The number of benzene rings is 1. The van der Waals surface area contributed by atoms with Gasteiger partial charge in [0.1, 0.15) is 17.6 Å². The standard InChI is InChI=1S/C15H16N6O/c22-15(9-21-19-12-3-1-2-4-13(12)20-21)16-8-11-7-14(18-17-11)10-5-6-10/h1-4,7,10H,5-6,8-9H2,(H,16,22)(H,17,18). The summed E-state index contributed by atoms with van der Waals surface area (Å²) in [5.41, 5.74) is 3.61. The van der Waals surface area contributed by atoms with Crippen molar-refractivity contribution in [3.8, 4) is 0 Å². The Bertz CT molecular complexity index is 783. The van der Waals surface area contributed by atoms with E-state index in [0.717, 1.165) is 22.4 Å². The number of aromatic nitrogens is 5. The lowest BCUT2D eigenvalue weighted by molar-refractivity contribution is -0.122. The van der Waals surface area contributed by atoms with E-state index in [0.29, 0.717) is 12.5 Å². The van der Waals surface area contributed by atoms with Crippen molar-refractivity contribution in [3.05, 3.63) is 41.7 Å². The van der Waals surface area contributed by atoms with Crippen molar-refractivity contribution in [2.45, 2.75) is 31.8 Å². The Morgan fingerprint density at radius 2 is 2.00 bits per heavy atom. The van der Waals surface area contributed by atoms with E-state index in [1.165, 1.54) is 17.6 Å². The Kier molecular flexibility index (Phi) is 3.10. The minimum Gasteiger partial charge on any atom is -0.349 e. The Labute approximate surface area is 126 Å². The molecule has 0 saturated heterocycles. The fourth-order valence-corrected chi connectivity index (χ4v) is 2.41. The van der Waals surface area contributed by atoms with Crippen LogP contribution in [0.4, 0.5) is 0 Å². The van der Waals surface area contributed by atoms with Gasteiger partial charge in [-0.2, -0.15) is 20.1 Å². The highest BCUT2D eigenvalue weighted by molar-refractivity contribution is 5.77. The lowest BCUT2D eigenvalue weighted by Gasteiger charge is -2.02. The third kappa shape index (κ3) is 2.69. The highest BCUT2D eigenvalue weighted by Gasteiger charge is 2.26. The molecule has 2 N–H and O–H groups in total. The molecule has 7 nitrogen and oxygen atoms in total. The fourth-order valence-electron chi connectivity index (χ4n) is 2.41. The fraction of sp³-hybridized carbons (Fsp3) is 0.333. The summed E-state index contributed by atoms with van der Waals surface area (Å²) in [5, 5.41) is 18.6. The Morgan fingerprint density at radius 1 is 1.27 bits per heavy atom. The van der Waals surface area contributed by atoms with Crippen LogP contribution in [0.1, 0.15) is 30.1 Å². The number of amides is 1. The van der Waals surface area contributed by atoms with Crippen LogP contribution in [0.15, 0.2) is 30.3 Å². The largest absolute Gasteiger partial charge is 0.349 e. The van der Waals surface area contributed by atoms with Crippen molar-refractivity contribution >= 4 is 16.9 Å². The van der Waals surface area contributed by atoms with Gasteiger partial charge < -0.3 is 5.32 Å². The topological polar surface area (TPSA) is 88.5 Å². The molecule has 1 saturated carbocycles. The minimum absolute atomic E-state index is 0.109. The van der Waals surface area contributed by atoms with Crippen LogP contribution in [0.2, 0.25) is 0 Å². The first-order chi connectivity index (χ1) is 10.8. The summed E-state index contributed by atoms with van der Waals surface area (Å²) in [6.07, 6.45) is 2.43. The Hall–Kier alpha value is -2.70. The quantitative estimate of drug-likeness (QED) is 0.744. The Morgan fingerprint density at radius 3 is 2.68 bits per heavy atom. The highest BCUT2D eigenvalue weighted by atomic mass is 16.2. The molecule has 0 radical (unpaired) electrons. The predicted molar refractivity (Wildman–Crippen MR) is 79.9 cm³/mol. The molecule has 1 aliphatic carbocycles. The molecule has 2 aromatic heterocycles. The lowest BCUT2D eigenvalue weighted by atomic mass is 10.2. The van der Waals surface area contributed by atoms with Crippen molar-refractivity contribution in [2.24, 2.45) is 0 Å². The normalized spacial score (nSPS) is 14.4. The molecule has 1 fully saturated rings. The molecule has 22 heavy (non-hydrogen) atoms. The number of nitrogens with zero attached hydrogens (tertiary/aromatic N) is 4. The molecule has 1 amide bonds. The van der Waals surface area contributed by atoms with E-state index in [1.807, 2.05) is 30.3 Å². The maximum Gasteiger partial charge on any atom is 0.243 e. The summed E-state index contributed by atoms with van der Waals surface area (Å²) in [6.45, 7) is 0.553. The molecule has 0 unspecified atom stereocenters. The number of nitrogens with one attached hydrogen (secondary N) is 2. The monoisotopic (exact) mass is 296 g/mol. The molecule has 0 bridgehead atoms. The number of rotatable bonds is 5. The van der Waals surface area contributed by atoms with Gasteiger partial charge >= 0.3 is 0 Å². The van der Waals surface area contributed by atoms with Crippen LogP contribution in [0.5, 0.6) is 0 Å². The van der Waals surface area contributed by atoms with Gasteiger partial charge in [0.25, 0.3) is 0 Å². The summed E-state index contributed by atoms with van der Waals surface area (Å²) in [7, 11) is 0. The van der Waals surface area contributed by atoms with Crippen LogP contribution in [-0.4, -0.2) is 31.1 Å². The average Bonchev–Trinajstić information content (AvgIpc) is 3.11. The zero-order valence-corrected chi connectivity index (χ0v) is 12.0. The molecule has 4 rings (SSSR count). The van der Waals surface area contributed by atoms with Gasteiger partial charge in [0.05, 0.1) is 17.9 Å². The van der Waals surface area contributed by atoms with Crippen molar-refractivity contribution in [1.82, 2.24) is 30.5 Å². The van der Waals surface area contributed by atoms with E-state index in [2.05, 4.69) is 25.7 Å². The SMILES string of the molecule is O=C(Cn1nc2ccccc2n1)NCc1cc(C2CC2)n[nH]1. The van der Waals surface area contributed by atoms with E-state index in [1.54, 1.807) is 0 Å². The number of carbonyl (C=O) groups excluding carboxylic acids is 1. The van der Waals surface area contributed by atoms with Gasteiger partial charge in [-0.1, -0.05) is 12.1 Å². The maximum absolute atomic E-state index is 12.0. The van der Waals surface area contributed by atoms with Crippen molar-refractivity contribution in [3.63, 3.8) is 0 Å². The molecular formula is C15H16N6O. The third-order valence-corrected chi connectivity index (χ3v) is 3.74. The smallest absolute Gasteiger partial charge is 0.243 e. The maximum atomic E-state index is 12.0. The molecule has 0 spiro atoms. The van der Waals surface area contributed by atoms with Gasteiger partial charge in [-0.15, -0.1) is 0 Å². The van der Waals surface area contributed by atoms with Crippen molar-refractivity contribution in [1.29, 1.82) is 0 Å². The summed E-state index contributed by atoms with van der Waals surface area (Å²) < 4.78 is 0. The lowest BCUT2D eigenvalue weighted by Crippen LogP contribution is -2.28. The molecule has 7 heteroatoms. The van der Waals surface area contributed by atoms with E-state index < -0.39 is 0 Å². The van der Waals surface area contributed by atoms with E-state index in [-0.39, 0.29) is 12.5 Å². The van der Waals surface area contributed by atoms with Gasteiger partial charge in [-0.3, -0.25) is 9.89 Å². The van der Waals surface area contributed by atoms with Gasteiger partial charge in [0.15, 0.2) is 0 Å². The summed E-state index contributed by atoms with van der Waals surface area (Å²) in [4.78, 5) is 13.4. The van der Waals surface area contributed by atoms with Crippen LogP contribution >= 0.6 is 0 Å². The number of carbonyl (C=O) groups is 1.